The molecule has 3 heterocycles. The van der Waals surface area contributed by atoms with Crippen LogP contribution in [-0.4, -0.2) is 39.8 Å². The van der Waals surface area contributed by atoms with Gasteiger partial charge in [-0.25, -0.2) is 9.78 Å². The number of carbonyl (C=O) groups excluding carboxylic acids is 1. The number of rotatable bonds is 2. The first-order chi connectivity index (χ1) is 14.7. The fraction of sp³-hybridized carbons (Fsp3) is 0.458. The Morgan fingerprint density at radius 1 is 1.10 bits per heavy atom. The number of benzene rings is 2. The monoisotopic (exact) mass is 422 g/mol. The zero-order chi connectivity index (χ0) is 21.8. The number of hydrogen-bond donors (Lipinski definition) is 0. The van der Waals surface area contributed by atoms with Crippen molar-refractivity contribution in [3.63, 3.8) is 0 Å². The Morgan fingerprint density at radius 3 is 2.55 bits per heavy atom. The maximum atomic E-state index is 12.6. The minimum Gasteiger partial charge on any atom is -0.490 e. The van der Waals surface area contributed by atoms with E-state index in [2.05, 4.69) is 4.98 Å². The Labute approximate surface area is 180 Å². The van der Waals surface area contributed by atoms with Crippen LogP contribution >= 0.6 is 0 Å². The lowest BCUT2D eigenvalue weighted by molar-refractivity contribution is -0.00706. The van der Waals surface area contributed by atoms with Crippen molar-refractivity contribution in [1.29, 1.82) is 0 Å². The first-order valence-electron chi connectivity index (χ1n) is 10.8. The number of amides is 1. The summed E-state index contributed by atoms with van der Waals surface area (Å²) in [6.45, 7) is 5.68. The summed E-state index contributed by atoms with van der Waals surface area (Å²) in [5.74, 6) is 1.16. The van der Waals surface area contributed by atoms with Gasteiger partial charge in [0.2, 0.25) is 0 Å². The lowest BCUT2D eigenvalue weighted by atomic mass is 10.00. The zero-order valence-electron chi connectivity index (χ0n) is 18.0. The predicted molar refractivity (Wildman–Crippen MR) is 115 cm³/mol. The van der Waals surface area contributed by atoms with Crippen molar-refractivity contribution in [2.24, 2.45) is 0 Å². The lowest BCUT2D eigenvalue weighted by Gasteiger charge is -2.39. The summed E-state index contributed by atoms with van der Waals surface area (Å²) in [6, 6.07) is 10.4. The molecular formula is C24H26N2O5. The number of carbonyl (C=O) groups is 1. The van der Waals surface area contributed by atoms with Gasteiger partial charge in [-0.1, -0.05) is 0 Å². The van der Waals surface area contributed by atoms with E-state index in [1.807, 2.05) is 43.9 Å². The lowest BCUT2D eigenvalue weighted by Crippen LogP contribution is -2.50. The zero-order valence-corrected chi connectivity index (χ0v) is 18.0. The second-order valence-corrected chi connectivity index (χ2v) is 9.46. The van der Waals surface area contributed by atoms with Gasteiger partial charge in [0.15, 0.2) is 16.8 Å². The second-order valence-electron chi connectivity index (χ2n) is 9.46. The van der Waals surface area contributed by atoms with Gasteiger partial charge in [0.1, 0.15) is 28.7 Å². The van der Waals surface area contributed by atoms with Gasteiger partial charge in [0.25, 0.3) is 0 Å². The number of hydrogen-bond acceptors (Lipinski definition) is 6. The van der Waals surface area contributed by atoms with Gasteiger partial charge < -0.3 is 18.8 Å². The molecule has 1 aromatic rings. The molecule has 0 saturated carbocycles. The van der Waals surface area contributed by atoms with Crippen molar-refractivity contribution in [3.05, 3.63) is 46.6 Å². The molecule has 0 spiro atoms. The van der Waals surface area contributed by atoms with Gasteiger partial charge in [0.05, 0.1) is 0 Å². The molecular weight excluding hydrogens is 396 g/mol. The summed E-state index contributed by atoms with van der Waals surface area (Å²) in [5.41, 5.74) is 1.32. The van der Waals surface area contributed by atoms with Gasteiger partial charge in [0, 0.05) is 37.1 Å². The molecule has 4 aliphatic rings. The third-order valence-electron chi connectivity index (χ3n) is 5.92. The Morgan fingerprint density at radius 2 is 1.84 bits per heavy atom. The molecule has 1 amide bonds. The fourth-order valence-corrected chi connectivity index (χ4v) is 4.69. The minimum atomic E-state index is -0.497. The Bertz CT molecular complexity index is 1150. The molecule has 0 N–H and O–H groups in total. The summed E-state index contributed by atoms with van der Waals surface area (Å²) in [4.78, 5) is 30.7. The Balaban J connectivity index is 1.33. The van der Waals surface area contributed by atoms with Crippen molar-refractivity contribution in [2.75, 3.05) is 0 Å². The van der Waals surface area contributed by atoms with Crippen molar-refractivity contribution < 1.29 is 18.7 Å². The highest BCUT2D eigenvalue weighted by Crippen LogP contribution is 2.38. The quantitative estimate of drug-likeness (QED) is 0.561. The molecule has 0 unspecified atom stereocenters. The molecule has 5 rings (SSSR count). The smallest absolute Gasteiger partial charge is 0.410 e. The molecule has 2 bridgehead atoms. The van der Waals surface area contributed by atoms with E-state index in [4.69, 9.17) is 13.9 Å². The van der Waals surface area contributed by atoms with Crippen LogP contribution in [0.25, 0.3) is 22.6 Å². The average molecular weight is 422 g/mol. The summed E-state index contributed by atoms with van der Waals surface area (Å²) < 4.78 is 17.8. The highest BCUT2D eigenvalue weighted by Gasteiger charge is 2.45. The number of ether oxygens (including phenoxy) is 2. The van der Waals surface area contributed by atoms with Crippen molar-refractivity contribution in [3.8, 4) is 17.2 Å². The molecule has 3 aliphatic heterocycles. The van der Waals surface area contributed by atoms with E-state index in [1.54, 1.807) is 6.07 Å². The van der Waals surface area contributed by atoms with E-state index in [9.17, 15) is 9.59 Å². The highest BCUT2D eigenvalue weighted by molar-refractivity contribution is 5.77. The minimum absolute atomic E-state index is 0.0234. The second kappa shape index (κ2) is 7.25. The molecule has 1 aromatic carbocycles. The number of fused-ring (bicyclic) bond motifs is 4. The number of piperidine rings is 1. The van der Waals surface area contributed by atoms with Gasteiger partial charge >= 0.3 is 6.09 Å². The van der Waals surface area contributed by atoms with Crippen molar-refractivity contribution >= 4 is 17.2 Å². The fourth-order valence-electron chi connectivity index (χ4n) is 4.69. The van der Waals surface area contributed by atoms with Crippen LogP contribution in [0.5, 0.6) is 5.75 Å². The Kier molecular flexibility index (Phi) is 4.64. The first-order valence-corrected chi connectivity index (χ1v) is 10.8. The SMILES string of the molecule is CC(C)(C)OC(=O)N1[C@@H]2CC[C@H]1C[C@@H](Oc1ccc3nc4ccc(=O)cc-4oc3c1)C2. The summed E-state index contributed by atoms with van der Waals surface area (Å²) >= 11 is 0. The van der Waals surface area contributed by atoms with E-state index >= 15 is 0 Å². The topological polar surface area (TPSA) is 81.9 Å². The van der Waals surface area contributed by atoms with Gasteiger partial charge in [-0.05, 0) is 57.9 Å². The molecule has 0 radical (unpaired) electrons. The average Bonchev–Trinajstić information content (AvgIpc) is 2.96. The Hall–Kier alpha value is -3.09. The van der Waals surface area contributed by atoms with Crippen LogP contribution < -0.4 is 10.2 Å². The third kappa shape index (κ3) is 3.96. The summed E-state index contributed by atoms with van der Waals surface area (Å²) in [5, 5.41) is 0. The molecule has 0 aromatic heterocycles. The standard InChI is InChI=1S/C24H26N2O5/c1-24(2,3)31-23(28)26-14-4-5-15(26)11-18(10-14)29-17-7-9-20-22(13-17)30-21-12-16(27)6-8-19(21)25-20/h6-9,12-15,18H,4-5,10-11H2,1-3H3/t14-,15+,18+. The van der Waals surface area contributed by atoms with Crippen LogP contribution in [0.4, 0.5) is 4.79 Å². The highest BCUT2D eigenvalue weighted by atomic mass is 16.6. The van der Waals surface area contributed by atoms with Crippen LogP contribution in [-0.2, 0) is 4.74 Å². The molecule has 7 nitrogen and oxygen atoms in total. The first kappa shape index (κ1) is 19.8. The summed E-state index contributed by atoms with van der Waals surface area (Å²) in [6.07, 6.45) is 3.31. The van der Waals surface area contributed by atoms with E-state index in [0.29, 0.717) is 28.3 Å². The molecule has 31 heavy (non-hydrogen) atoms. The van der Waals surface area contributed by atoms with Gasteiger partial charge in [-0.15, -0.1) is 0 Å². The van der Waals surface area contributed by atoms with Crippen molar-refractivity contribution in [2.45, 2.75) is 70.2 Å². The summed E-state index contributed by atoms with van der Waals surface area (Å²) in [7, 11) is 0. The largest absolute Gasteiger partial charge is 0.490 e. The van der Waals surface area contributed by atoms with Crippen molar-refractivity contribution in [1.82, 2.24) is 9.88 Å². The molecule has 162 valence electrons. The maximum absolute atomic E-state index is 12.6. The normalized spacial score (nSPS) is 23.3. The van der Waals surface area contributed by atoms with Crippen LogP contribution in [0, 0.1) is 0 Å². The van der Waals surface area contributed by atoms with E-state index in [0.717, 1.165) is 25.7 Å². The molecule has 1 aliphatic carbocycles. The third-order valence-corrected chi connectivity index (χ3v) is 5.92. The number of aromatic nitrogens is 1. The van der Waals surface area contributed by atoms with Gasteiger partial charge in [-0.2, -0.15) is 0 Å². The van der Waals surface area contributed by atoms with E-state index in [-0.39, 0.29) is 29.7 Å². The van der Waals surface area contributed by atoms with Crippen LogP contribution in [0.2, 0.25) is 0 Å². The molecule has 3 atom stereocenters. The molecule has 7 heteroatoms. The van der Waals surface area contributed by atoms with Gasteiger partial charge in [-0.3, -0.25) is 4.79 Å². The van der Waals surface area contributed by atoms with E-state index in [1.165, 1.54) is 12.1 Å². The molecule has 2 saturated heterocycles. The van der Waals surface area contributed by atoms with Crippen LogP contribution in [0.15, 0.2) is 45.6 Å². The number of nitrogens with zero attached hydrogens (tertiary/aromatic N) is 2. The van der Waals surface area contributed by atoms with Crippen LogP contribution in [0.3, 0.4) is 0 Å². The van der Waals surface area contributed by atoms with E-state index < -0.39 is 5.60 Å². The predicted octanol–water partition coefficient (Wildman–Crippen LogP) is 4.60. The maximum Gasteiger partial charge on any atom is 0.410 e. The molecule has 2 fully saturated rings. The van der Waals surface area contributed by atoms with Crippen LogP contribution in [0.1, 0.15) is 46.5 Å².